The van der Waals surface area contributed by atoms with E-state index in [1.54, 1.807) is 7.05 Å². The van der Waals surface area contributed by atoms with Crippen molar-refractivity contribution >= 4 is 11.9 Å². The summed E-state index contributed by atoms with van der Waals surface area (Å²) in [6.07, 6.45) is 1.91. The van der Waals surface area contributed by atoms with E-state index in [0.717, 1.165) is 19.4 Å². The summed E-state index contributed by atoms with van der Waals surface area (Å²) in [6.45, 7) is 1.29. The van der Waals surface area contributed by atoms with E-state index in [-0.39, 0.29) is 18.4 Å². The second-order valence-electron chi connectivity index (χ2n) is 3.45. The zero-order valence-corrected chi connectivity index (χ0v) is 8.32. The van der Waals surface area contributed by atoms with Crippen LogP contribution in [0.1, 0.15) is 19.3 Å². The first-order valence-electron chi connectivity index (χ1n) is 4.82. The lowest BCUT2D eigenvalue weighted by atomic mass is 10.2. The number of nitrogens with one attached hydrogen (secondary N) is 1. The minimum absolute atomic E-state index is 0.00658. The van der Waals surface area contributed by atoms with Crippen LogP contribution in [-0.2, 0) is 9.59 Å². The van der Waals surface area contributed by atoms with E-state index < -0.39 is 5.97 Å². The Bertz CT molecular complexity index is 230. The Morgan fingerprint density at radius 2 is 2.29 bits per heavy atom. The lowest BCUT2D eigenvalue weighted by Crippen LogP contribution is -2.42. The second-order valence-corrected chi connectivity index (χ2v) is 3.45. The number of likely N-dealkylation sites (tertiary alicyclic amines) is 1. The van der Waals surface area contributed by atoms with Gasteiger partial charge in [0.25, 0.3) is 0 Å². The molecule has 0 spiro atoms. The third-order valence-corrected chi connectivity index (χ3v) is 2.53. The van der Waals surface area contributed by atoms with Crippen LogP contribution in [0.15, 0.2) is 0 Å². The Balaban J connectivity index is 2.42. The molecule has 0 radical (unpaired) electrons. The summed E-state index contributed by atoms with van der Waals surface area (Å²) >= 11 is 0. The van der Waals surface area contributed by atoms with Crippen molar-refractivity contribution < 1.29 is 14.7 Å². The molecule has 14 heavy (non-hydrogen) atoms. The van der Waals surface area contributed by atoms with Gasteiger partial charge in [0.2, 0.25) is 5.91 Å². The van der Waals surface area contributed by atoms with Crippen molar-refractivity contribution in [2.75, 3.05) is 20.1 Å². The molecule has 0 aromatic carbocycles. The van der Waals surface area contributed by atoms with Gasteiger partial charge in [0.1, 0.15) is 0 Å². The monoisotopic (exact) mass is 200 g/mol. The largest absolute Gasteiger partial charge is 0.481 e. The predicted octanol–water partition coefficient (Wildman–Crippen LogP) is -0.328. The van der Waals surface area contributed by atoms with E-state index in [1.165, 1.54) is 0 Å². The molecule has 1 fully saturated rings. The van der Waals surface area contributed by atoms with E-state index in [0.29, 0.717) is 6.54 Å². The van der Waals surface area contributed by atoms with Gasteiger partial charge < -0.3 is 10.4 Å². The number of carbonyl (C=O) groups is 2. The number of hydrogen-bond acceptors (Lipinski definition) is 3. The molecule has 0 aromatic heterocycles. The normalized spacial score (nSPS) is 22.2. The van der Waals surface area contributed by atoms with Crippen molar-refractivity contribution in [1.82, 2.24) is 10.2 Å². The number of carboxylic acid groups (broad SMARTS) is 1. The van der Waals surface area contributed by atoms with Crippen LogP contribution < -0.4 is 5.32 Å². The van der Waals surface area contributed by atoms with Gasteiger partial charge in [0.05, 0.1) is 12.5 Å². The first kappa shape index (κ1) is 11.0. The molecule has 0 aromatic rings. The molecule has 1 saturated heterocycles. The number of nitrogens with zero attached hydrogens (tertiary/aromatic N) is 1. The first-order valence-corrected chi connectivity index (χ1v) is 4.82. The Morgan fingerprint density at radius 3 is 2.86 bits per heavy atom. The van der Waals surface area contributed by atoms with Crippen molar-refractivity contribution in [1.29, 1.82) is 0 Å². The summed E-state index contributed by atoms with van der Waals surface area (Å²) in [5.41, 5.74) is 0. The molecular formula is C9H16N2O3. The quantitative estimate of drug-likeness (QED) is 0.652. The highest BCUT2D eigenvalue weighted by atomic mass is 16.4. The molecule has 1 aliphatic heterocycles. The fraction of sp³-hybridized carbons (Fsp3) is 0.778. The van der Waals surface area contributed by atoms with Crippen molar-refractivity contribution in [2.45, 2.75) is 25.3 Å². The highest BCUT2D eigenvalue weighted by Gasteiger charge is 2.29. The maximum Gasteiger partial charge on any atom is 0.304 e. The molecule has 0 bridgehead atoms. The van der Waals surface area contributed by atoms with Crippen LogP contribution in [0.25, 0.3) is 0 Å². The third-order valence-electron chi connectivity index (χ3n) is 2.53. The SMILES string of the molecule is CNC(=O)C1CCCN1CCC(=O)O. The van der Waals surface area contributed by atoms with Crippen LogP contribution in [0.5, 0.6) is 0 Å². The van der Waals surface area contributed by atoms with Crippen LogP contribution in [0, 0.1) is 0 Å². The fourth-order valence-electron chi connectivity index (χ4n) is 1.80. The van der Waals surface area contributed by atoms with Crippen LogP contribution in [-0.4, -0.2) is 48.1 Å². The zero-order valence-electron chi connectivity index (χ0n) is 8.32. The van der Waals surface area contributed by atoms with Crippen molar-refractivity contribution in [3.8, 4) is 0 Å². The van der Waals surface area contributed by atoms with Crippen molar-refractivity contribution in [2.24, 2.45) is 0 Å². The smallest absolute Gasteiger partial charge is 0.304 e. The number of carbonyl (C=O) groups excluding carboxylic acids is 1. The molecule has 1 atom stereocenters. The minimum Gasteiger partial charge on any atom is -0.481 e. The van der Waals surface area contributed by atoms with Gasteiger partial charge in [-0.3, -0.25) is 14.5 Å². The lowest BCUT2D eigenvalue weighted by molar-refractivity contribution is -0.138. The lowest BCUT2D eigenvalue weighted by Gasteiger charge is -2.21. The molecule has 1 rings (SSSR count). The standard InChI is InChI=1S/C9H16N2O3/c1-10-9(14)7-3-2-5-11(7)6-4-8(12)13/h7H,2-6H2,1H3,(H,10,14)(H,12,13). The van der Waals surface area contributed by atoms with Gasteiger partial charge in [0, 0.05) is 13.6 Å². The number of aliphatic carboxylic acids is 1. The summed E-state index contributed by atoms with van der Waals surface area (Å²) in [7, 11) is 1.61. The molecule has 1 heterocycles. The average molecular weight is 200 g/mol. The molecular weight excluding hydrogens is 184 g/mol. The summed E-state index contributed by atoms with van der Waals surface area (Å²) in [5, 5.41) is 11.1. The van der Waals surface area contributed by atoms with E-state index in [2.05, 4.69) is 5.32 Å². The maximum absolute atomic E-state index is 11.4. The highest BCUT2D eigenvalue weighted by Crippen LogP contribution is 2.17. The molecule has 5 nitrogen and oxygen atoms in total. The van der Waals surface area contributed by atoms with Crippen LogP contribution >= 0.6 is 0 Å². The first-order chi connectivity index (χ1) is 6.65. The minimum atomic E-state index is -0.812. The van der Waals surface area contributed by atoms with Gasteiger partial charge in [-0.1, -0.05) is 0 Å². The van der Waals surface area contributed by atoms with E-state index in [1.807, 2.05) is 4.90 Å². The molecule has 80 valence electrons. The van der Waals surface area contributed by atoms with Crippen molar-refractivity contribution in [3.63, 3.8) is 0 Å². The number of amides is 1. The Labute approximate surface area is 83.1 Å². The fourth-order valence-corrected chi connectivity index (χ4v) is 1.80. The van der Waals surface area contributed by atoms with Gasteiger partial charge in [0.15, 0.2) is 0 Å². The second kappa shape index (κ2) is 4.95. The zero-order chi connectivity index (χ0) is 10.6. The van der Waals surface area contributed by atoms with Crippen LogP contribution in [0.3, 0.4) is 0 Å². The summed E-state index contributed by atoms with van der Waals surface area (Å²) in [4.78, 5) is 23.7. The highest BCUT2D eigenvalue weighted by molar-refractivity contribution is 5.81. The molecule has 2 N–H and O–H groups in total. The van der Waals surface area contributed by atoms with Gasteiger partial charge in [-0.2, -0.15) is 0 Å². The molecule has 0 aliphatic carbocycles. The summed E-state index contributed by atoms with van der Waals surface area (Å²) in [6, 6.07) is -0.126. The Morgan fingerprint density at radius 1 is 1.57 bits per heavy atom. The van der Waals surface area contributed by atoms with Gasteiger partial charge >= 0.3 is 5.97 Å². The number of carboxylic acids is 1. The molecule has 1 amide bonds. The Hall–Kier alpha value is -1.10. The summed E-state index contributed by atoms with van der Waals surface area (Å²) < 4.78 is 0. The predicted molar refractivity (Wildman–Crippen MR) is 50.9 cm³/mol. The number of likely N-dealkylation sites (N-methyl/N-ethyl adjacent to an activating group) is 1. The topological polar surface area (TPSA) is 69.6 Å². The van der Waals surface area contributed by atoms with Crippen LogP contribution in [0.2, 0.25) is 0 Å². The van der Waals surface area contributed by atoms with E-state index >= 15 is 0 Å². The average Bonchev–Trinajstić information content (AvgIpc) is 2.61. The van der Waals surface area contributed by atoms with Gasteiger partial charge in [-0.25, -0.2) is 0 Å². The third kappa shape index (κ3) is 2.70. The number of hydrogen-bond donors (Lipinski definition) is 2. The van der Waals surface area contributed by atoms with Gasteiger partial charge in [-0.15, -0.1) is 0 Å². The Kier molecular flexibility index (Phi) is 3.88. The molecule has 0 saturated carbocycles. The van der Waals surface area contributed by atoms with E-state index in [9.17, 15) is 9.59 Å². The molecule has 1 unspecified atom stereocenters. The van der Waals surface area contributed by atoms with Gasteiger partial charge in [-0.05, 0) is 19.4 Å². The maximum atomic E-state index is 11.4. The molecule has 1 aliphatic rings. The van der Waals surface area contributed by atoms with E-state index in [4.69, 9.17) is 5.11 Å². The molecule has 5 heteroatoms. The number of rotatable bonds is 4. The van der Waals surface area contributed by atoms with Crippen molar-refractivity contribution in [3.05, 3.63) is 0 Å². The van der Waals surface area contributed by atoms with Crippen LogP contribution in [0.4, 0.5) is 0 Å². The summed E-state index contributed by atoms with van der Waals surface area (Å²) in [5.74, 6) is -0.819.